The first-order valence-corrected chi connectivity index (χ1v) is 14.9. The molecule has 17 heteroatoms. The third-order valence-electron chi connectivity index (χ3n) is 7.61. The van der Waals surface area contributed by atoms with E-state index in [1.165, 1.54) is 0 Å². The Balaban J connectivity index is 1.35. The Morgan fingerprint density at radius 3 is 1.06 bits per heavy atom. The number of phenolic OH excluding ortho intramolecular Hbond substituents is 9. The number of ether oxygens (including phenoxy) is 4. The second-order valence-electron chi connectivity index (χ2n) is 11.2. The van der Waals surface area contributed by atoms with Crippen LogP contribution in [-0.4, -0.2) is 75.9 Å². The van der Waals surface area contributed by atoms with Crippen molar-refractivity contribution >= 4 is 23.9 Å². The molecule has 4 aromatic carbocycles. The minimum atomic E-state index is -1.41. The van der Waals surface area contributed by atoms with Crippen LogP contribution < -0.4 is 14.2 Å². The van der Waals surface area contributed by atoms with Crippen molar-refractivity contribution in [1.82, 2.24) is 0 Å². The van der Waals surface area contributed by atoms with Gasteiger partial charge in [0.05, 0.1) is 22.3 Å². The standard InChI is InChI=1S/C34H28O17/c35-19-6-14(7-20(36)27(19)40)32(45)49-25-12-16(9-22(38)29(25)42)34(47)51-26-13-17(10-23(39)30(26)43)33(46)50-24-11-15(8-21(37)28(24)41)31(44)48-18-4-2-1-3-5-18/h6-13,18,35-43H,1-5H2. The molecule has 0 spiro atoms. The predicted molar refractivity (Wildman–Crippen MR) is 168 cm³/mol. The summed E-state index contributed by atoms with van der Waals surface area (Å²) in [5.74, 6) is -15.8. The van der Waals surface area contributed by atoms with Crippen molar-refractivity contribution in [3.8, 4) is 69.0 Å². The molecule has 0 saturated heterocycles. The molecule has 5 rings (SSSR count). The summed E-state index contributed by atoms with van der Waals surface area (Å²) in [6.45, 7) is 0. The number of phenols is 9. The second-order valence-corrected chi connectivity index (χ2v) is 11.2. The van der Waals surface area contributed by atoms with Crippen molar-refractivity contribution in [3.63, 3.8) is 0 Å². The summed E-state index contributed by atoms with van der Waals surface area (Å²) in [4.78, 5) is 51.3. The van der Waals surface area contributed by atoms with Crippen LogP contribution in [0.5, 0.6) is 69.0 Å². The lowest BCUT2D eigenvalue weighted by Gasteiger charge is -2.22. The molecular weight excluding hydrogens is 680 g/mol. The number of benzene rings is 4. The molecule has 1 aliphatic rings. The molecule has 51 heavy (non-hydrogen) atoms. The van der Waals surface area contributed by atoms with Crippen molar-refractivity contribution in [2.75, 3.05) is 0 Å². The molecule has 0 unspecified atom stereocenters. The highest BCUT2D eigenvalue weighted by Crippen LogP contribution is 2.42. The van der Waals surface area contributed by atoms with E-state index in [4.69, 9.17) is 18.9 Å². The van der Waals surface area contributed by atoms with Crippen LogP contribution in [-0.2, 0) is 4.74 Å². The van der Waals surface area contributed by atoms with E-state index in [1.54, 1.807) is 0 Å². The van der Waals surface area contributed by atoms with Gasteiger partial charge in [-0.25, -0.2) is 19.2 Å². The summed E-state index contributed by atoms with van der Waals surface area (Å²) in [6, 6.07) is 6.11. The Morgan fingerprint density at radius 2 is 0.706 bits per heavy atom. The van der Waals surface area contributed by atoms with Gasteiger partial charge in [0.2, 0.25) is 17.2 Å². The average Bonchev–Trinajstić information content (AvgIpc) is 3.09. The third-order valence-corrected chi connectivity index (χ3v) is 7.61. The summed E-state index contributed by atoms with van der Waals surface area (Å²) >= 11 is 0. The van der Waals surface area contributed by atoms with Crippen LogP contribution >= 0.6 is 0 Å². The van der Waals surface area contributed by atoms with Gasteiger partial charge in [-0.2, -0.15) is 0 Å². The number of carbonyl (C=O) groups excluding carboxylic acids is 4. The summed E-state index contributed by atoms with van der Waals surface area (Å²) < 4.78 is 20.6. The van der Waals surface area contributed by atoms with Gasteiger partial charge in [0.25, 0.3) is 0 Å². The number of aromatic hydroxyl groups is 9. The zero-order valence-electron chi connectivity index (χ0n) is 26.0. The van der Waals surface area contributed by atoms with Crippen molar-refractivity contribution in [2.45, 2.75) is 38.2 Å². The van der Waals surface area contributed by atoms with Crippen molar-refractivity contribution < 1.29 is 84.1 Å². The van der Waals surface area contributed by atoms with Crippen LogP contribution in [0.3, 0.4) is 0 Å². The maximum absolute atomic E-state index is 13.0. The molecule has 0 heterocycles. The van der Waals surface area contributed by atoms with E-state index in [1.807, 2.05) is 0 Å². The molecule has 9 N–H and O–H groups in total. The van der Waals surface area contributed by atoms with Gasteiger partial charge in [-0.3, -0.25) is 0 Å². The molecule has 0 radical (unpaired) electrons. The molecule has 266 valence electrons. The molecule has 0 aliphatic heterocycles. The lowest BCUT2D eigenvalue weighted by Crippen LogP contribution is -2.21. The Bertz CT molecular complexity index is 2040. The maximum atomic E-state index is 13.0. The van der Waals surface area contributed by atoms with E-state index >= 15 is 0 Å². The quantitative estimate of drug-likeness (QED) is 0.0704. The van der Waals surface area contributed by atoms with E-state index in [2.05, 4.69) is 0 Å². The zero-order valence-corrected chi connectivity index (χ0v) is 26.0. The number of carbonyl (C=O) groups is 4. The molecule has 17 nitrogen and oxygen atoms in total. The van der Waals surface area contributed by atoms with Crippen LogP contribution in [0.4, 0.5) is 0 Å². The Hall–Kier alpha value is -7.04. The molecule has 1 fully saturated rings. The highest BCUT2D eigenvalue weighted by molar-refractivity contribution is 5.97. The van der Waals surface area contributed by atoms with E-state index in [-0.39, 0.29) is 11.7 Å². The lowest BCUT2D eigenvalue weighted by atomic mass is 9.98. The minimum Gasteiger partial charge on any atom is -0.504 e. The fraction of sp³-hybridized carbons (Fsp3) is 0.176. The van der Waals surface area contributed by atoms with Gasteiger partial charge in [-0.1, -0.05) is 6.42 Å². The van der Waals surface area contributed by atoms with Gasteiger partial charge in [0.15, 0.2) is 51.7 Å². The van der Waals surface area contributed by atoms with Crippen LogP contribution in [0.15, 0.2) is 48.5 Å². The van der Waals surface area contributed by atoms with Crippen LogP contribution in [0.2, 0.25) is 0 Å². The molecule has 4 aromatic rings. The summed E-state index contributed by atoms with van der Waals surface area (Å²) in [7, 11) is 0. The van der Waals surface area contributed by atoms with Crippen LogP contribution in [0.25, 0.3) is 0 Å². The van der Waals surface area contributed by atoms with Gasteiger partial charge >= 0.3 is 23.9 Å². The first-order valence-electron chi connectivity index (χ1n) is 14.9. The summed E-state index contributed by atoms with van der Waals surface area (Å²) in [5, 5.41) is 90.2. The monoisotopic (exact) mass is 708 g/mol. The number of esters is 4. The summed E-state index contributed by atoms with van der Waals surface area (Å²) in [5.41, 5.74) is -1.96. The van der Waals surface area contributed by atoms with Crippen LogP contribution in [0, 0.1) is 0 Å². The minimum absolute atomic E-state index is 0.247. The van der Waals surface area contributed by atoms with Crippen molar-refractivity contribution in [3.05, 3.63) is 70.8 Å². The van der Waals surface area contributed by atoms with Crippen molar-refractivity contribution in [2.24, 2.45) is 0 Å². The molecule has 0 amide bonds. The third kappa shape index (κ3) is 7.67. The largest absolute Gasteiger partial charge is 0.504 e. The highest BCUT2D eigenvalue weighted by atomic mass is 16.6. The predicted octanol–water partition coefficient (Wildman–Crippen LogP) is 4.18. The highest BCUT2D eigenvalue weighted by Gasteiger charge is 2.26. The summed E-state index contributed by atoms with van der Waals surface area (Å²) in [6.07, 6.45) is 3.69. The Morgan fingerprint density at radius 1 is 0.412 bits per heavy atom. The number of hydrogen-bond donors (Lipinski definition) is 9. The molecule has 0 atom stereocenters. The van der Waals surface area contributed by atoms with Gasteiger partial charge < -0.3 is 64.9 Å². The fourth-order valence-electron chi connectivity index (χ4n) is 4.97. The molecule has 0 aromatic heterocycles. The molecule has 0 bridgehead atoms. The molecule has 1 aliphatic carbocycles. The smallest absolute Gasteiger partial charge is 0.343 e. The van der Waals surface area contributed by atoms with Gasteiger partial charge in [0, 0.05) is 0 Å². The molecular formula is C34H28O17. The zero-order chi connectivity index (χ0) is 37.1. The maximum Gasteiger partial charge on any atom is 0.343 e. The SMILES string of the molecule is O=C(Oc1cc(C(=O)Oc2cc(C(=O)Oc3cc(C(=O)OC4CCCCC4)cc(O)c3O)cc(O)c2O)cc(O)c1O)c1cc(O)c(O)c(O)c1. The molecule has 1 saturated carbocycles. The second kappa shape index (κ2) is 14.2. The van der Waals surface area contributed by atoms with Crippen molar-refractivity contribution in [1.29, 1.82) is 0 Å². The first kappa shape index (κ1) is 35.3. The van der Waals surface area contributed by atoms with E-state index in [0.29, 0.717) is 43.2 Å². The first-order chi connectivity index (χ1) is 24.1. The van der Waals surface area contributed by atoms with E-state index in [9.17, 15) is 65.1 Å². The van der Waals surface area contributed by atoms with Gasteiger partial charge in [0.1, 0.15) is 6.10 Å². The number of rotatable bonds is 8. The van der Waals surface area contributed by atoms with E-state index < -0.39 is 110 Å². The van der Waals surface area contributed by atoms with Gasteiger partial charge in [-0.15, -0.1) is 0 Å². The van der Waals surface area contributed by atoms with Gasteiger partial charge in [-0.05, 0) is 74.2 Å². The number of hydrogen-bond acceptors (Lipinski definition) is 17. The van der Waals surface area contributed by atoms with Crippen LogP contribution in [0.1, 0.15) is 73.5 Å². The fourth-order valence-corrected chi connectivity index (χ4v) is 4.97. The Labute approximate surface area is 285 Å². The average molecular weight is 709 g/mol. The topological polar surface area (TPSA) is 287 Å². The Kier molecular flexibility index (Phi) is 9.83. The van der Waals surface area contributed by atoms with E-state index in [0.717, 1.165) is 37.5 Å². The normalized spacial score (nSPS) is 12.9. The lowest BCUT2D eigenvalue weighted by molar-refractivity contribution is 0.0209.